The van der Waals surface area contributed by atoms with Crippen molar-refractivity contribution in [3.8, 4) is 0 Å². The van der Waals surface area contributed by atoms with Gasteiger partial charge in [0.15, 0.2) is 0 Å². The van der Waals surface area contributed by atoms with Gasteiger partial charge < -0.3 is 10.4 Å². The summed E-state index contributed by atoms with van der Waals surface area (Å²) in [6, 6.07) is 0. The molecule has 2 N–H and O–H groups in total. The molecule has 0 unspecified atom stereocenters. The first-order valence-corrected chi connectivity index (χ1v) is 3.08. The fourth-order valence-electron chi connectivity index (χ4n) is 0.782. The highest BCUT2D eigenvalue weighted by Gasteiger charge is 2.48. The van der Waals surface area contributed by atoms with Gasteiger partial charge in [-0.15, -0.1) is 0 Å². The van der Waals surface area contributed by atoms with Gasteiger partial charge in [0.05, 0.1) is 0 Å². The van der Waals surface area contributed by atoms with Crippen molar-refractivity contribution >= 4 is 0 Å². The van der Waals surface area contributed by atoms with E-state index in [1.165, 1.54) is 13.8 Å². The monoisotopic (exact) mass is 133 g/mol. The van der Waals surface area contributed by atoms with E-state index in [0.29, 0.717) is 13.1 Å². The number of hydrogen-bond donors (Lipinski definition) is 2. The van der Waals surface area contributed by atoms with Crippen molar-refractivity contribution in [2.24, 2.45) is 0 Å². The molecule has 0 amide bonds. The lowest BCUT2D eigenvalue weighted by molar-refractivity contribution is -0.117. The van der Waals surface area contributed by atoms with Crippen LogP contribution < -0.4 is 5.32 Å². The molecule has 0 spiro atoms. The second-order valence-corrected chi connectivity index (χ2v) is 3.11. The maximum Gasteiger partial charge on any atom is 0.136 e. The van der Waals surface area contributed by atoms with Gasteiger partial charge in [-0.2, -0.15) is 0 Å². The lowest BCUT2D eigenvalue weighted by atomic mass is 9.82. The van der Waals surface area contributed by atoms with Gasteiger partial charge >= 0.3 is 0 Å². The van der Waals surface area contributed by atoms with Gasteiger partial charge in [0.25, 0.3) is 0 Å². The highest BCUT2D eigenvalue weighted by molar-refractivity contribution is 5.04. The average Bonchev–Trinajstić information content (AvgIpc) is 1.57. The molecule has 0 bridgehead atoms. The van der Waals surface area contributed by atoms with Crippen LogP contribution in [0.2, 0.25) is 0 Å². The molecule has 1 rings (SSSR count). The minimum absolute atomic E-state index is 0.372. The Morgan fingerprint density at radius 1 is 1.56 bits per heavy atom. The summed E-state index contributed by atoms with van der Waals surface area (Å²) < 4.78 is 12.9. The molecule has 54 valence electrons. The molecule has 9 heavy (non-hydrogen) atoms. The second kappa shape index (κ2) is 1.67. The molecule has 0 atom stereocenters. The van der Waals surface area contributed by atoms with Crippen molar-refractivity contribution in [1.29, 1.82) is 0 Å². The number of nitrogens with one attached hydrogen (secondary N) is 1. The highest BCUT2D eigenvalue weighted by Crippen LogP contribution is 2.28. The molecular weight excluding hydrogens is 121 g/mol. The molecule has 1 saturated heterocycles. The molecule has 1 aliphatic heterocycles. The number of hydrogen-bond acceptors (Lipinski definition) is 2. The molecule has 1 heterocycles. The van der Waals surface area contributed by atoms with Crippen LogP contribution in [-0.4, -0.2) is 29.5 Å². The zero-order valence-corrected chi connectivity index (χ0v) is 5.74. The number of halogens is 1. The van der Waals surface area contributed by atoms with E-state index in [0.717, 1.165) is 0 Å². The minimum Gasteiger partial charge on any atom is -0.384 e. The predicted octanol–water partition coefficient (Wildman–Crippen LogP) is 0.0688. The van der Waals surface area contributed by atoms with Crippen molar-refractivity contribution in [3.63, 3.8) is 0 Å². The molecule has 0 saturated carbocycles. The minimum atomic E-state index is -1.47. The zero-order chi connectivity index (χ0) is 7.12. The van der Waals surface area contributed by atoms with E-state index < -0.39 is 11.3 Å². The molecule has 3 heteroatoms. The Labute approximate surface area is 54.1 Å². The third-order valence-corrected chi connectivity index (χ3v) is 1.94. The van der Waals surface area contributed by atoms with Crippen molar-refractivity contribution in [2.45, 2.75) is 25.1 Å². The van der Waals surface area contributed by atoms with Crippen LogP contribution in [-0.2, 0) is 0 Å². The SMILES string of the molecule is CC(C)(F)C1(O)CNC1. The Hall–Kier alpha value is -0.150. The van der Waals surface area contributed by atoms with Gasteiger partial charge in [-0.1, -0.05) is 0 Å². The van der Waals surface area contributed by atoms with Crippen LogP contribution in [0.3, 0.4) is 0 Å². The van der Waals surface area contributed by atoms with E-state index in [2.05, 4.69) is 5.32 Å². The van der Waals surface area contributed by atoms with E-state index in [1.807, 2.05) is 0 Å². The van der Waals surface area contributed by atoms with Crippen molar-refractivity contribution < 1.29 is 9.50 Å². The summed E-state index contributed by atoms with van der Waals surface area (Å²) in [6.07, 6.45) is 0. The van der Waals surface area contributed by atoms with Crippen LogP contribution in [0, 0.1) is 0 Å². The first-order valence-electron chi connectivity index (χ1n) is 3.08. The molecule has 1 aliphatic rings. The third-order valence-electron chi connectivity index (χ3n) is 1.94. The van der Waals surface area contributed by atoms with Gasteiger partial charge in [0.2, 0.25) is 0 Å². The first kappa shape index (κ1) is 6.96. The summed E-state index contributed by atoms with van der Waals surface area (Å²) in [5.74, 6) is 0. The number of alkyl halides is 1. The fourth-order valence-corrected chi connectivity index (χ4v) is 0.782. The second-order valence-electron chi connectivity index (χ2n) is 3.11. The molecule has 0 aromatic heterocycles. The summed E-state index contributed by atoms with van der Waals surface area (Å²) in [5.41, 5.74) is -2.59. The van der Waals surface area contributed by atoms with Gasteiger partial charge in [-0.05, 0) is 13.8 Å². The normalized spacial score (nSPS) is 25.3. The average molecular weight is 133 g/mol. The highest BCUT2D eigenvalue weighted by atomic mass is 19.1. The molecular formula is C6H12FNO. The largest absolute Gasteiger partial charge is 0.384 e. The van der Waals surface area contributed by atoms with Crippen LogP contribution in [0.15, 0.2) is 0 Å². The van der Waals surface area contributed by atoms with Crippen molar-refractivity contribution in [3.05, 3.63) is 0 Å². The van der Waals surface area contributed by atoms with E-state index in [4.69, 9.17) is 0 Å². The number of aliphatic hydroxyl groups is 1. The quantitative estimate of drug-likeness (QED) is 0.530. The number of β-amino-alcohol motifs (C(OH)–C–C–N with tert-alkyl or cyclic N) is 1. The maximum absolute atomic E-state index is 12.9. The molecule has 0 aliphatic carbocycles. The topological polar surface area (TPSA) is 32.3 Å². The molecule has 0 aromatic carbocycles. The van der Waals surface area contributed by atoms with Crippen molar-refractivity contribution in [2.75, 3.05) is 13.1 Å². The van der Waals surface area contributed by atoms with Gasteiger partial charge in [-0.25, -0.2) is 4.39 Å². The van der Waals surface area contributed by atoms with E-state index in [9.17, 15) is 9.50 Å². The molecule has 0 radical (unpaired) electrons. The lowest BCUT2D eigenvalue weighted by Gasteiger charge is -2.44. The van der Waals surface area contributed by atoms with E-state index in [1.54, 1.807) is 0 Å². The summed E-state index contributed by atoms with van der Waals surface area (Å²) in [4.78, 5) is 0. The first-order chi connectivity index (χ1) is 3.96. The van der Waals surface area contributed by atoms with E-state index in [-0.39, 0.29) is 0 Å². The summed E-state index contributed by atoms with van der Waals surface area (Å²) in [6.45, 7) is 3.54. The molecule has 1 fully saturated rings. The van der Waals surface area contributed by atoms with Gasteiger partial charge in [0, 0.05) is 13.1 Å². The predicted molar refractivity (Wildman–Crippen MR) is 33.0 cm³/mol. The van der Waals surface area contributed by atoms with Crippen LogP contribution in [0.25, 0.3) is 0 Å². The third kappa shape index (κ3) is 0.946. The Morgan fingerprint density at radius 3 is 2.00 bits per heavy atom. The Kier molecular flexibility index (Phi) is 1.29. The van der Waals surface area contributed by atoms with Gasteiger partial charge in [-0.3, -0.25) is 0 Å². The molecule has 0 aromatic rings. The zero-order valence-electron chi connectivity index (χ0n) is 5.74. The Balaban J connectivity index is 2.59. The Morgan fingerprint density at radius 2 is 2.00 bits per heavy atom. The Bertz CT molecular complexity index is 115. The van der Waals surface area contributed by atoms with Crippen molar-refractivity contribution in [1.82, 2.24) is 5.32 Å². The number of rotatable bonds is 1. The van der Waals surface area contributed by atoms with E-state index >= 15 is 0 Å². The van der Waals surface area contributed by atoms with Gasteiger partial charge in [0.1, 0.15) is 11.3 Å². The lowest BCUT2D eigenvalue weighted by Crippen LogP contribution is -2.68. The summed E-state index contributed by atoms with van der Waals surface area (Å²) >= 11 is 0. The van der Waals surface area contributed by atoms with Crippen LogP contribution in [0.1, 0.15) is 13.8 Å². The fraction of sp³-hybridized carbons (Fsp3) is 1.00. The molecule has 2 nitrogen and oxygen atoms in total. The smallest absolute Gasteiger partial charge is 0.136 e. The summed E-state index contributed by atoms with van der Waals surface area (Å²) in [5, 5.41) is 12.1. The van der Waals surface area contributed by atoms with Crippen LogP contribution >= 0.6 is 0 Å². The van der Waals surface area contributed by atoms with Crippen LogP contribution in [0.4, 0.5) is 4.39 Å². The maximum atomic E-state index is 12.9. The summed E-state index contributed by atoms with van der Waals surface area (Å²) in [7, 11) is 0. The van der Waals surface area contributed by atoms with Crippen LogP contribution in [0.5, 0.6) is 0 Å². The standard InChI is InChI=1S/C6H12FNO/c1-5(2,7)6(9)3-8-4-6/h8-9H,3-4H2,1-2H3.